The molecule has 0 fully saturated rings. The molecule has 0 aromatic carbocycles. The fourth-order valence-electron chi connectivity index (χ4n) is 2.04. The monoisotopic (exact) mass is 266 g/mol. The molecule has 0 amide bonds. The highest BCUT2D eigenvalue weighted by Gasteiger charge is 2.38. The van der Waals surface area contributed by atoms with Crippen molar-refractivity contribution in [2.24, 2.45) is 0 Å². The standard InChI is InChI=1S/C16H30OSi/c1-16(2,3)18(4,5)17-15-13-11-9-7-6-8-10-12-14-15/h15H,7,9-14H2,1-5H3. The van der Waals surface area contributed by atoms with Crippen LogP contribution in [0.15, 0.2) is 0 Å². The third-order valence-electron chi connectivity index (χ3n) is 4.30. The van der Waals surface area contributed by atoms with E-state index in [0.717, 1.165) is 12.8 Å². The van der Waals surface area contributed by atoms with Gasteiger partial charge < -0.3 is 4.43 Å². The van der Waals surface area contributed by atoms with Crippen molar-refractivity contribution in [1.29, 1.82) is 0 Å². The third kappa shape index (κ3) is 5.16. The van der Waals surface area contributed by atoms with Gasteiger partial charge in [-0.25, -0.2) is 0 Å². The van der Waals surface area contributed by atoms with E-state index in [2.05, 4.69) is 45.7 Å². The van der Waals surface area contributed by atoms with E-state index in [0.29, 0.717) is 11.1 Å². The van der Waals surface area contributed by atoms with Crippen LogP contribution in [0, 0.1) is 11.8 Å². The normalized spacial score (nSPS) is 23.1. The lowest BCUT2D eigenvalue weighted by molar-refractivity contribution is 0.156. The summed E-state index contributed by atoms with van der Waals surface area (Å²) in [6.07, 6.45) is 8.75. The topological polar surface area (TPSA) is 9.23 Å². The van der Waals surface area contributed by atoms with Crippen molar-refractivity contribution in [2.45, 2.75) is 90.0 Å². The van der Waals surface area contributed by atoms with Crippen LogP contribution in [0.25, 0.3) is 0 Å². The largest absolute Gasteiger partial charge is 0.414 e. The van der Waals surface area contributed by atoms with Crippen molar-refractivity contribution >= 4 is 8.32 Å². The Hall–Kier alpha value is -0.263. The van der Waals surface area contributed by atoms with Crippen LogP contribution in [0.5, 0.6) is 0 Å². The first-order valence-corrected chi connectivity index (χ1v) is 10.4. The average Bonchev–Trinajstić information content (AvgIpc) is 2.25. The average molecular weight is 267 g/mol. The maximum atomic E-state index is 6.57. The Labute approximate surface area is 115 Å². The first-order chi connectivity index (χ1) is 8.33. The molecular weight excluding hydrogens is 236 g/mol. The van der Waals surface area contributed by atoms with E-state index in [9.17, 15) is 0 Å². The third-order valence-corrected chi connectivity index (χ3v) is 8.83. The van der Waals surface area contributed by atoms with Gasteiger partial charge in [0.15, 0.2) is 8.32 Å². The fraction of sp³-hybridized carbons (Fsp3) is 0.875. The van der Waals surface area contributed by atoms with Crippen molar-refractivity contribution in [3.05, 3.63) is 0 Å². The Morgan fingerprint density at radius 3 is 2.11 bits per heavy atom. The highest BCUT2D eigenvalue weighted by molar-refractivity contribution is 6.74. The first kappa shape index (κ1) is 15.8. The lowest BCUT2D eigenvalue weighted by Gasteiger charge is -2.39. The second-order valence-corrected chi connectivity index (χ2v) is 11.7. The summed E-state index contributed by atoms with van der Waals surface area (Å²) in [5.74, 6) is 6.53. The summed E-state index contributed by atoms with van der Waals surface area (Å²) in [7, 11) is -1.60. The molecule has 0 bridgehead atoms. The Balaban J connectivity index is 2.56. The van der Waals surface area contributed by atoms with Crippen LogP contribution < -0.4 is 0 Å². The first-order valence-electron chi connectivity index (χ1n) is 7.46. The van der Waals surface area contributed by atoms with Gasteiger partial charge in [-0.15, -0.1) is 11.8 Å². The van der Waals surface area contributed by atoms with Gasteiger partial charge in [0.1, 0.15) is 0 Å². The zero-order valence-corrected chi connectivity index (χ0v) is 13.9. The molecular formula is C16H30OSi. The summed E-state index contributed by atoms with van der Waals surface area (Å²) in [5, 5.41) is 0.322. The van der Waals surface area contributed by atoms with E-state index in [1.165, 1.54) is 32.1 Å². The molecule has 0 aliphatic heterocycles. The van der Waals surface area contributed by atoms with Crippen molar-refractivity contribution < 1.29 is 4.43 Å². The molecule has 104 valence electrons. The van der Waals surface area contributed by atoms with Crippen LogP contribution in [-0.2, 0) is 4.43 Å². The maximum absolute atomic E-state index is 6.57. The van der Waals surface area contributed by atoms with Crippen molar-refractivity contribution in [1.82, 2.24) is 0 Å². The predicted octanol–water partition coefficient (Wildman–Crippen LogP) is 5.12. The Bertz CT molecular complexity index is 303. The van der Waals surface area contributed by atoms with Crippen LogP contribution in [0.4, 0.5) is 0 Å². The van der Waals surface area contributed by atoms with Crippen molar-refractivity contribution in [3.63, 3.8) is 0 Å². The minimum atomic E-state index is -1.60. The molecule has 1 aliphatic rings. The van der Waals surface area contributed by atoms with E-state index in [1.807, 2.05) is 0 Å². The summed E-state index contributed by atoms with van der Waals surface area (Å²) in [5.41, 5.74) is 0. The Morgan fingerprint density at radius 1 is 0.944 bits per heavy atom. The molecule has 1 nitrogen and oxygen atoms in total. The number of hydrogen-bond donors (Lipinski definition) is 0. The van der Waals surface area contributed by atoms with Gasteiger partial charge in [0.2, 0.25) is 0 Å². The van der Waals surface area contributed by atoms with Gasteiger partial charge in [0.25, 0.3) is 0 Å². The molecule has 0 aromatic heterocycles. The van der Waals surface area contributed by atoms with Gasteiger partial charge >= 0.3 is 0 Å². The number of hydrogen-bond acceptors (Lipinski definition) is 1. The lowest BCUT2D eigenvalue weighted by atomic mass is 10.0. The fourth-order valence-corrected chi connectivity index (χ4v) is 3.46. The van der Waals surface area contributed by atoms with E-state index in [4.69, 9.17) is 4.43 Å². The molecule has 0 heterocycles. The summed E-state index contributed by atoms with van der Waals surface area (Å²) in [6, 6.07) is 0. The highest BCUT2D eigenvalue weighted by atomic mass is 28.4. The van der Waals surface area contributed by atoms with Crippen LogP contribution >= 0.6 is 0 Å². The molecule has 0 spiro atoms. The minimum absolute atomic E-state index is 0.322. The quantitative estimate of drug-likeness (QED) is 0.497. The minimum Gasteiger partial charge on any atom is -0.414 e. The Morgan fingerprint density at radius 2 is 1.50 bits per heavy atom. The zero-order chi connectivity index (χ0) is 13.6. The van der Waals surface area contributed by atoms with Gasteiger partial charge in [-0.2, -0.15) is 0 Å². The van der Waals surface area contributed by atoms with Crippen LogP contribution in [0.1, 0.15) is 65.7 Å². The van der Waals surface area contributed by atoms with Gasteiger partial charge in [-0.3, -0.25) is 0 Å². The van der Waals surface area contributed by atoms with E-state index >= 15 is 0 Å². The van der Waals surface area contributed by atoms with Crippen LogP contribution in [-0.4, -0.2) is 14.4 Å². The van der Waals surface area contributed by atoms with Crippen molar-refractivity contribution in [2.75, 3.05) is 0 Å². The highest BCUT2D eigenvalue weighted by Crippen LogP contribution is 2.38. The maximum Gasteiger partial charge on any atom is 0.192 e. The van der Waals surface area contributed by atoms with Crippen LogP contribution in [0.3, 0.4) is 0 Å². The van der Waals surface area contributed by atoms with E-state index < -0.39 is 8.32 Å². The van der Waals surface area contributed by atoms with Crippen molar-refractivity contribution in [3.8, 4) is 11.8 Å². The zero-order valence-electron chi connectivity index (χ0n) is 12.9. The molecule has 1 rings (SSSR count). The summed E-state index contributed by atoms with van der Waals surface area (Å²) in [6.45, 7) is 11.7. The molecule has 18 heavy (non-hydrogen) atoms. The van der Waals surface area contributed by atoms with Crippen LogP contribution in [0.2, 0.25) is 18.1 Å². The van der Waals surface area contributed by atoms with E-state index in [-0.39, 0.29) is 0 Å². The second kappa shape index (κ2) is 6.77. The summed E-state index contributed by atoms with van der Waals surface area (Å²) in [4.78, 5) is 0. The number of rotatable bonds is 2. The molecule has 1 atom stereocenters. The molecule has 0 saturated heterocycles. The Kier molecular flexibility index (Phi) is 5.94. The van der Waals surface area contributed by atoms with Gasteiger partial charge in [-0.1, -0.05) is 20.8 Å². The molecule has 0 saturated carbocycles. The van der Waals surface area contributed by atoms with Gasteiger partial charge in [0, 0.05) is 18.9 Å². The van der Waals surface area contributed by atoms with Gasteiger partial charge in [-0.05, 0) is 50.2 Å². The predicted molar refractivity (Wildman–Crippen MR) is 82.2 cm³/mol. The SMILES string of the molecule is CC(C)(C)[Si](C)(C)OC1CCCC#CCCCC1. The molecule has 2 heteroatoms. The molecule has 0 aromatic rings. The van der Waals surface area contributed by atoms with Gasteiger partial charge in [0.05, 0.1) is 0 Å². The molecule has 1 aliphatic carbocycles. The molecule has 0 N–H and O–H groups in total. The van der Waals surface area contributed by atoms with E-state index in [1.54, 1.807) is 0 Å². The second-order valence-electron chi connectivity index (χ2n) is 6.99. The summed E-state index contributed by atoms with van der Waals surface area (Å²) >= 11 is 0. The summed E-state index contributed by atoms with van der Waals surface area (Å²) < 4.78 is 6.57. The molecule has 1 unspecified atom stereocenters. The molecule has 0 radical (unpaired) electrons. The lowest BCUT2D eigenvalue weighted by Crippen LogP contribution is -2.44. The smallest absolute Gasteiger partial charge is 0.192 e.